The second-order valence-corrected chi connectivity index (χ2v) is 5.59. The highest BCUT2D eigenvalue weighted by atomic mass is 32.2. The first-order chi connectivity index (χ1) is 9.09. The van der Waals surface area contributed by atoms with Crippen LogP contribution in [0, 0.1) is 0 Å². The molecule has 0 radical (unpaired) electrons. The van der Waals surface area contributed by atoms with E-state index in [1.54, 1.807) is 24.5 Å². The average Bonchev–Trinajstić information content (AvgIpc) is 2.40. The first-order valence-corrected chi connectivity index (χ1v) is 7.17. The lowest BCUT2D eigenvalue weighted by Crippen LogP contribution is -2.27. The van der Waals surface area contributed by atoms with Crippen molar-refractivity contribution in [1.82, 2.24) is 14.7 Å². The van der Waals surface area contributed by atoms with Crippen LogP contribution in [0.1, 0.15) is 5.56 Å². The molecule has 0 spiro atoms. The first kappa shape index (κ1) is 13.4. The van der Waals surface area contributed by atoms with Crippen LogP contribution in [0.25, 0.3) is 0 Å². The second-order valence-electron chi connectivity index (χ2n) is 3.91. The van der Waals surface area contributed by atoms with E-state index in [9.17, 15) is 8.42 Å². The fourth-order valence-electron chi connectivity index (χ4n) is 1.57. The second kappa shape index (κ2) is 5.77. The van der Waals surface area contributed by atoms with Gasteiger partial charge in [0.1, 0.15) is 0 Å². The SMILES string of the molecule is Nc1cccnc1S(=O)(=O)NCCc1cccnc1. The number of nitrogens with one attached hydrogen (secondary N) is 1. The predicted molar refractivity (Wildman–Crippen MR) is 71.8 cm³/mol. The molecule has 0 aliphatic heterocycles. The van der Waals surface area contributed by atoms with Gasteiger partial charge in [-0.25, -0.2) is 18.1 Å². The number of rotatable bonds is 5. The summed E-state index contributed by atoms with van der Waals surface area (Å²) in [5.41, 5.74) is 6.69. The summed E-state index contributed by atoms with van der Waals surface area (Å²) in [6, 6.07) is 6.78. The molecule has 0 bridgehead atoms. The lowest BCUT2D eigenvalue weighted by Gasteiger charge is -2.07. The minimum atomic E-state index is -3.67. The fourth-order valence-corrected chi connectivity index (χ4v) is 2.66. The van der Waals surface area contributed by atoms with Crippen LogP contribution < -0.4 is 10.5 Å². The van der Waals surface area contributed by atoms with E-state index in [0.717, 1.165) is 5.56 Å². The Labute approximate surface area is 111 Å². The van der Waals surface area contributed by atoms with Gasteiger partial charge in [0.25, 0.3) is 10.0 Å². The zero-order valence-electron chi connectivity index (χ0n) is 10.2. The fraction of sp³-hybridized carbons (Fsp3) is 0.167. The molecule has 0 amide bonds. The van der Waals surface area contributed by atoms with Crippen LogP contribution in [0.15, 0.2) is 47.9 Å². The highest BCUT2D eigenvalue weighted by molar-refractivity contribution is 7.89. The molecule has 0 atom stereocenters. The Balaban J connectivity index is 2.01. The maximum absolute atomic E-state index is 12.0. The average molecular weight is 278 g/mol. The number of pyridine rings is 2. The van der Waals surface area contributed by atoms with Crippen LogP contribution in [0.5, 0.6) is 0 Å². The normalized spacial score (nSPS) is 11.4. The third-order valence-corrected chi connectivity index (χ3v) is 3.92. The van der Waals surface area contributed by atoms with Crippen LogP contribution in [0.4, 0.5) is 5.69 Å². The molecule has 100 valence electrons. The molecule has 6 nitrogen and oxygen atoms in total. The van der Waals surface area contributed by atoms with E-state index >= 15 is 0 Å². The molecule has 2 aromatic rings. The summed E-state index contributed by atoms with van der Waals surface area (Å²) in [6.07, 6.45) is 5.32. The van der Waals surface area contributed by atoms with Gasteiger partial charge >= 0.3 is 0 Å². The molecule has 0 saturated carbocycles. The van der Waals surface area contributed by atoms with Crippen molar-refractivity contribution in [3.05, 3.63) is 48.4 Å². The predicted octanol–water partition coefficient (Wildman–Crippen LogP) is 0.580. The van der Waals surface area contributed by atoms with Crippen molar-refractivity contribution in [3.63, 3.8) is 0 Å². The zero-order chi connectivity index (χ0) is 13.7. The van der Waals surface area contributed by atoms with Gasteiger partial charge in [-0.3, -0.25) is 4.98 Å². The molecule has 0 aromatic carbocycles. The third-order valence-electron chi connectivity index (χ3n) is 2.48. The summed E-state index contributed by atoms with van der Waals surface area (Å²) < 4.78 is 26.4. The molecule has 2 heterocycles. The molecule has 0 aliphatic carbocycles. The highest BCUT2D eigenvalue weighted by Crippen LogP contribution is 2.13. The first-order valence-electron chi connectivity index (χ1n) is 5.68. The standard InChI is InChI=1S/C12H14N4O2S/c13-11-4-2-7-15-12(11)19(17,18)16-8-5-10-3-1-6-14-9-10/h1-4,6-7,9,16H,5,8,13H2. The quantitative estimate of drug-likeness (QED) is 0.833. The molecule has 0 fully saturated rings. The van der Waals surface area contributed by atoms with Crippen molar-refractivity contribution in [2.45, 2.75) is 11.4 Å². The monoisotopic (exact) mass is 278 g/mol. The van der Waals surface area contributed by atoms with Crippen molar-refractivity contribution in [2.24, 2.45) is 0 Å². The number of nitrogen functional groups attached to an aromatic ring is 1. The van der Waals surface area contributed by atoms with Gasteiger partial charge in [0.15, 0.2) is 5.03 Å². The number of hydrogen-bond acceptors (Lipinski definition) is 5. The molecule has 0 saturated heterocycles. The number of anilines is 1. The van der Waals surface area contributed by atoms with Gasteiger partial charge in [-0.15, -0.1) is 0 Å². The van der Waals surface area contributed by atoms with E-state index in [1.165, 1.54) is 12.3 Å². The maximum Gasteiger partial charge on any atom is 0.260 e. The van der Waals surface area contributed by atoms with E-state index in [0.29, 0.717) is 6.42 Å². The van der Waals surface area contributed by atoms with E-state index in [2.05, 4.69) is 14.7 Å². The van der Waals surface area contributed by atoms with Gasteiger partial charge in [-0.05, 0) is 30.2 Å². The lowest BCUT2D eigenvalue weighted by atomic mass is 10.2. The Morgan fingerprint density at radius 2 is 2.00 bits per heavy atom. The van der Waals surface area contributed by atoms with Gasteiger partial charge in [0, 0.05) is 25.1 Å². The van der Waals surface area contributed by atoms with Gasteiger partial charge in [0.05, 0.1) is 5.69 Å². The highest BCUT2D eigenvalue weighted by Gasteiger charge is 2.17. The van der Waals surface area contributed by atoms with E-state index in [-0.39, 0.29) is 17.3 Å². The van der Waals surface area contributed by atoms with Crippen LogP contribution >= 0.6 is 0 Å². The minimum Gasteiger partial charge on any atom is -0.396 e. The van der Waals surface area contributed by atoms with Gasteiger partial charge in [0.2, 0.25) is 0 Å². The molecular weight excluding hydrogens is 264 g/mol. The Morgan fingerprint density at radius 1 is 1.21 bits per heavy atom. The number of aromatic nitrogens is 2. The largest absolute Gasteiger partial charge is 0.396 e. The molecule has 2 rings (SSSR count). The van der Waals surface area contributed by atoms with Crippen LogP contribution in [-0.2, 0) is 16.4 Å². The van der Waals surface area contributed by atoms with Gasteiger partial charge in [-0.2, -0.15) is 0 Å². The molecule has 19 heavy (non-hydrogen) atoms. The van der Waals surface area contributed by atoms with E-state index < -0.39 is 10.0 Å². The smallest absolute Gasteiger partial charge is 0.260 e. The van der Waals surface area contributed by atoms with Crippen molar-refractivity contribution in [2.75, 3.05) is 12.3 Å². The van der Waals surface area contributed by atoms with Crippen LogP contribution in [0.3, 0.4) is 0 Å². The molecule has 2 aromatic heterocycles. The van der Waals surface area contributed by atoms with Crippen molar-refractivity contribution >= 4 is 15.7 Å². The third kappa shape index (κ3) is 3.49. The summed E-state index contributed by atoms with van der Waals surface area (Å²) in [4.78, 5) is 7.75. The lowest BCUT2D eigenvalue weighted by molar-refractivity contribution is 0.578. The summed E-state index contributed by atoms with van der Waals surface area (Å²) in [5.74, 6) is 0. The van der Waals surface area contributed by atoms with Gasteiger partial charge < -0.3 is 5.73 Å². The number of hydrogen-bond donors (Lipinski definition) is 2. The van der Waals surface area contributed by atoms with Crippen LogP contribution in [-0.4, -0.2) is 24.9 Å². The molecular formula is C12H14N4O2S. The summed E-state index contributed by atoms with van der Waals surface area (Å²) in [6.45, 7) is 0.268. The summed E-state index contributed by atoms with van der Waals surface area (Å²) in [5, 5.41) is -0.138. The van der Waals surface area contributed by atoms with Crippen molar-refractivity contribution in [3.8, 4) is 0 Å². The number of nitrogens with two attached hydrogens (primary N) is 1. The Kier molecular flexibility index (Phi) is 4.08. The van der Waals surface area contributed by atoms with E-state index in [1.807, 2.05) is 6.07 Å². The molecule has 7 heteroatoms. The Bertz CT molecular complexity index is 644. The topological polar surface area (TPSA) is 98.0 Å². The summed E-state index contributed by atoms with van der Waals surface area (Å²) in [7, 11) is -3.67. The van der Waals surface area contributed by atoms with Crippen molar-refractivity contribution in [1.29, 1.82) is 0 Å². The number of nitrogens with zero attached hydrogens (tertiary/aromatic N) is 2. The zero-order valence-corrected chi connectivity index (χ0v) is 11.0. The molecule has 0 unspecified atom stereocenters. The number of sulfonamides is 1. The Morgan fingerprint density at radius 3 is 2.68 bits per heavy atom. The molecule has 3 N–H and O–H groups in total. The van der Waals surface area contributed by atoms with Gasteiger partial charge in [-0.1, -0.05) is 6.07 Å². The van der Waals surface area contributed by atoms with Crippen LogP contribution in [0.2, 0.25) is 0 Å². The Hall–Kier alpha value is -1.99. The van der Waals surface area contributed by atoms with E-state index in [4.69, 9.17) is 5.73 Å². The minimum absolute atomic E-state index is 0.136. The summed E-state index contributed by atoms with van der Waals surface area (Å²) >= 11 is 0. The maximum atomic E-state index is 12.0. The van der Waals surface area contributed by atoms with Crippen molar-refractivity contribution < 1.29 is 8.42 Å². The molecule has 0 aliphatic rings.